The van der Waals surface area contributed by atoms with Crippen molar-refractivity contribution in [1.29, 1.82) is 0 Å². The molecular weight excluding hydrogens is 367 g/mol. The van der Waals surface area contributed by atoms with Gasteiger partial charge in [0.1, 0.15) is 5.69 Å². The Morgan fingerprint density at radius 3 is 2.61 bits per heavy atom. The van der Waals surface area contributed by atoms with Crippen molar-refractivity contribution in [3.63, 3.8) is 0 Å². The van der Waals surface area contributed by atoms with Gasteiger partial charge in [-0.1, -0.05) is 18.2 Å². The predicted octanol–water partition coefficient (Wildman–Crippen LogP) is 4.30. The molecular formula is C21H22F3N3O. The second-order valence-electron chi connectivity index (χ2n) is 7.46. The van der Waals surface area contributed by atoms with E-state index < -0.39 is 11.9 Å². The molecule has 4 rings (SSSR count). The highest BCUT2D eigenvalue weighted by molar-refractivity contribution is 5.95. The van der Waals surface area contributed by atoms with E-state index in [2.05, 4.69) is 11.1 Å². The maximum absolute atomic E-state index is 12.9. The van der Waals surface area contributed by atoms with Gasteiger partial charge in [0, 0.05) is 43.6 Å². The number of piperidine rings is 1. The van der Waals surface area contributed by atoms with Crippen LogP contribution in [-0.2, 0) is 17.4 Å². The maximum atomic E-state index is 12.9. The van der Waals surface area contributed by atoms with Crippen LogP contribution >= 0.6 is 0 Å². The van der Waals surface area contributed by atoms with Crippen molar-refractivity contribution in [2.75, 3.05) is 29.4 Å². The summed E-state index contributed by atoms with van der Waals surface area (Å²) < 4.78 is 38.6. The highest BCUT2D eigenvalue weighted by Crippen LogP contribution is 2.33. The average Bonchev–Trinajstić information content (AvgIpc) is 3.12. The third-order valence-electron chi connectivity index (χ3n) is 5.67. The number of fused-ring (bicyclic) bond motifs is 1. The van der Waals surface area contributed by atoms with Gasteiger partial charge in [-0.05, 0) is 48.9 Å². The lowest BCUT2D eigenvalue weighted by Gasteiger charge is -2.34. The molecule has 1 aromatic heterocycles. The van der Waals surface area contributed by atoms with Crippen LogP contribution in [0.15, 0.2) is 42.6 Å². The number of hydrogen-bond acceptors (Lipinski definition) is 3. The first kappa shape index (κ1) is 18.8. The Balaban J connectivity index is 1.34. The third-order valence-corrected chi connectivity index (χ3v) is 5.67. The second-order valence-corrected chi connectivity index (χ2v) is 7.46. The van der Waals surface area contributed by atoms with Crippen molar-refractivity contribution in [2.45, 2.75) is 31.9 Å². The SMILES string of the molecule is O=C(CC1CCN(c2ccnc(C(F)(F)F)c2)CC1)N1CCc2ccccc21. The molecule has 4 nitrogen and oxygen atoms in total. The summed E-state index contributed by atoms with van der Waals surface area (Å²) in [6.07, 6.45) is -0.253. The van der Waals surface area contributed by atoms with Crippen LogP contribution in [0.4, 0.5) is 24.5 Å². The molecule has 28 heavy (non-hydrogen) atoms. The summed E-state index contributed by atoms with van der Waals surface area (Å²) in [5.74, 6) is 0.409. The summed E-state index contributed by atoms with van der Waals surface area (Å²) in [5, 5.41) is 0. The molecule has 148 valence electrons. The van der Waals surface area contributed by atoms with Crippen LogP contribution in [0, 0.1) is 5.92 Å². The van der Waals surface area contributed by atoms with Gasteiger partial charge in [0.2, 0.25) is 5.91 Å². The summed E-state index contributed by atoms with van der Waals surface area (Å²) in [4.78, 5) is 20.0. The van der Waals surface area contributed by atoms with E-state index in [1.54, 1.807) is 6.07 Å². The molecule has 0 unspecified atom stereocenters. The topological polar surface area (TPSA) is 36.4 Å². The smallest absolute Gasteiger partial charge is 0.371 e. The molecule has 7 heteroatoms. The zero-order valence-corrected chi connectivity index (χ0v) is 15.5. The fourth-order valence-electron chi connectivity index (χ4n) is 4.12. The Bertz CT molecular complexity index is 860. The summed E-state index contributed by atoms with van der Waals surface area (Å²) >= 11 is 0. The quantitative estimate of drug-likeness (QED) is 0.786. The van der Waals surface area contributed by atoms with E-state index in [0.29, 0.717) is 25.2 Å². The molecule has 1 saturated heterocycles. The van der Waals surface area contributed by atoms with Gasteiger partial charge in [-0.3, -0.25) is 9.78 Å². The lowest BCUT2D eigenvalue weighted by atomic mass is 9.92. The molecule has 0 bridgehead atoms. The first-order valence-electron chi connectivity index (χ1n) is 9.58. The number of pyridine rings is 1. The molecule has 2 aliphatic rings. The number of alkyl halides is 3. The van der Waals surface area contributed by atoms with E-state index in [1.807, 2.05) is 28.0 Å². The monoisotopic (exact) mass is 389 g/mol. The van der Waals surface area contributed by atoms with Crippen molar-refractivity contribution in [2.24, 2.45) is 5.92 Å². The lowest BCUT2D eigenvalue weighted by Crippen LogP contribution is -2.37. The number of aromatic nitrogens is 1. The Morgan fingerprint density at radius 2 is 1.86 bits per heavy atom. The molecule has 1 amide bonds. The van der Waals surface area contributed by atoms with Crippen molar-refractivity contribution in [1.82, 2.24) is 4.98 Å². The van der Waals surface area contributed by atoms with E-state index >= 15 is 0 Å². The first-order chi connectivity index (χ1) is 13.4. The molecule has 0 N–H and O–H groups in total. The number of carbonyl (C=O) groups is 1. The van der Waals surface area contributed by atoms with Gasteiger partial charge in [0.25, 0.3) is 0 Å². The van der Waals surface area contributed by atoms with Gasteiger partial charge < -0.3 is 9.80 Å². The second kappa shape index (κ2) is 7.45. The van der Waals surface area contributed by atoms with E-state index in [-0.39, 0.29) is 11.8 Å². The largest absolute Gasteiger partial charge is 0.433 e. The Hall–Kier alpha value is -2.57. The summed E-state index contributed by atoms with van der Waals surface area (Å²) in [6.45, 7) is 2.03. The van der Waals surface area contributed by atoms with Crippen LogP contribution in [0.3, 0.4) is 0 Å². The number of amides is 1. The number of halogens is 3. The number of benzene rings is 1. The van der Waals surface area contributed by atoms with Crippen LogP contribution in [-0.4, -0.2) is 30.5 Å². The fourth-order valence-corrected chi connectivity index (χ4v) is 4.12. The Morgan fingerprint density at radius 1 is 1.11 bits per heavy atom. The molecule has 2 aliphatic heterocycles. The number of carbonyl (C=O) groups excluding carboxylic acids is 1. The van der Waals surface area contributed by atoms with Crippen LogP contribution in [0.1, 0.15) is 30.5 Å². The molecule has 0 spiro atoms. The van der Waals surface area contributed by atoms with Crippen molar-refractivity contribution in [3.8, 4) is 0 Å². The average molecular weight is 389 g/mol. The van der Waals surface area contributed by atoms with Gasteiger partial charge in [-0.2, -0.15) is 13.2 Å². The first-order valence-corrected chi connectivity index (χ1v) is 9.58. The lowest BCUT2D eigenvalue weighted by molar-refractivity contribution is -0.141. The predicted molar refractivity (Wildman–Crippen MR) is 101 cm³/mol. The summed E-state index contributed by atoms with van der Waals surface area (Å²) in [7, 11) is 0. The number of para-hydroxylation sites is 1. The molecule has 0 radical (unpaired) electrons. The maximum Gasteiger partial charge on any atom is 0.433 e. The van der Waals surface area contributed by atoms with Crippen LogP contribution in [0.5, 0.6) is 0 Å². The standard InChI is InChI=1S/C21H22F3N3O/c22-21(23,24)19-14-17(5-9-25-19)26-10-6-15(7-11-26)13-20(28)27-12-8-16-3-1-2-4-18(16)27/h1-5,9,14-15H,6-8,10-13H2. The minimum atomic E-state index is -4.44. The number of nitrogens with zero attached hydrogens (tertiary/aromatic N) is 3. The van der Waals surface area contributed by atoms with E-state index in [0.717, 1.165) is 37.6 Å². The number of rotatable bonds is 3. The van der Waals surface area contributed by atoms with Gasteiger partial charge >= 0.3 is 6.18 Å². The van der Waals surface area contributed by atoms with E-state index in [1.165, 1.54) is 11.8 Å². The highest BCUT2D eigenvalue weighted by Gasteiger charge is 2.33. The van der Waals surface area contributed by atoms with Gasteiger partial charge in [0.15, 0.2) is 0 Å². The molecule has 1 fully saturated rings. The van der Waals surface area contributed by atoms with Crippen molar-refractivity contribution >= 4 is 17.3 Å². The fraction of sp³-hybridized carbons (Fsp3) is 0.429. The Labute approximate surface area is 162 Å². The third kappa shape index (κ3) is 3.84. The number of hydrogen-bond donors (Lipinski definition) is 0. The van der Waals surface area contributed by atoms with Gasteiger partial charge in [-0.15, -0.1) is 0 Å². The number of anilines is 2. The van der Waals surface area contributed by atoms with Crippen molar-refractivity contribution < 1.29 is 18.0 Å². The van der Waals surface area contributed by atoms with Crippen LogP contribution in [0.25, 0.3) is 0 Å². The van der Waals surface area contributed by atoms with E-state index in [9.17, 15) is 18.0 Å². The Kier molecular flexibility index (Phi) is 5.00. The zero-order chi connectivity index (χ0) is 19.7. The highest BCUT2D eigenvalue weighted by atomic mass is 19.4. The molecule has 1 aromatic carbocycles. The molecule has 0 atom stereocenters. The van der Waals surface area contributed by atoms with Gasteiger partial charge in [-0.25, -0.2) is 0 Å². The van der Waals surface area contributed by atoms with Crippen LogP contribution < -0.4 is 9.80 Å². The molecule has 0 aliphatic carbocycles. The van der Waals surface area contributed by atoms with Crippen LogP contribution in [0.2, 0.25) is 0 Å². The van der Waals surface area contributed by atoms with Gasteiger partial charge in [0.05, 0.1) is 0 Å². The summed E-state index contributed by atoms with van der Waals surface area (Å²) in [6, 6.07) is 10.7. The van der Waals surface area contributed by atoms with E-state index in [4.69, 9.17) is 0 Å². The molecule has 0 saturated carbocycles. The molecule has 2 aromatic rings. The van der Waals surface area contributed by atoms with Crippen molar-refractivity contribution in [3.05, 3.63) is 53.9 Å². The normalized spacial score (nSPS) is 17.7. The summed E-state index contributed by atoms with van der Waals surface area (Å²) in [5.41, 5.74) is 1.90. The molecule has 3 heterocycles. The minimum absolute atomic E-state index is 0.145. The minimum Gasteiger partial charge on any atom is -0.371 e. The zero-order valence-electron chi connectivity index (χ0n) is 15.5.